The second-order valence-electron chi connectivity index (χ2n) is 5.75. The first-order valence-corrected chi connectivity index (χ1v) is 9.87. The third-order valence-corrected chi connectivity index (χ3v) is 4.48. The van der Waals surface area contributed by atoms with Crippen molar-refractivity contribution >= 4 is 34.6 Å². The summed E-state index contributed by atoms with van der Waals surface area (Å²) < 4.78 is 40.2. The lowest BCUT2D eigenvalue weighted by molar-refractivity contribution is -0.0855. The molecule has 0 aliphatic rings. The zero-order valence-corrected chi connectivity index (χ0v) is 17.2. The molecule has 0 aliphatic carbocycles. The van der Waals surface area contributed by atoms with E-state index in [1.54, 1.807) is 19.1 Å². The molecular formula is C16H24N6O7S. The molecule has 1 rings (SSSR count). The van der Waals surface area contributed by atoms with Gasteiger partial charge in [0.15, 0.2) is 0 Å². The number of benzene rings is 1. The maximum atomic E-state index is 12.3. The Morgan fingerprint density at radius 3 is 2.20 bits per heavy atom. The van der Waals surface area contributed by atoms with Crippen molar-refractivity contribution in [3.05, 3.63) is 29.8 Å². The summed E-state index contributed by atoms with van der Waals surface area (Å²) in [4.78, 5) is 21.2. The van der Waals surface area contributed by atoms with Gasteiger partial charge in [0.1, 0.15) is 12.9 Å². The number of hydrogen-bond donors (Lipinski definition) is 4. The highest BCUT2D eigenvalue weighted by molar-refractivity contribution is 7.86. The van der Waals surface area contributed by atoms with E-state index in [1.165, 1.54) is 18.3 Å². The van der Waals surface area contributed by atoms with Gasteiger partial charge in [0.05, 0.1) is 30.0 Å². The fourth-order valence-corrected chi connectivity index (χ4v) is 2.65. The van der Waals surface area contributed by atoms with E-state index < -0.39 is 41.0 Å². The van der Waals surface area contributed by atoms with Crippen molar-refractivity contribution in [2.45, 2.75) is 31.0 Å². The number of hydrogen-bond acceptors (Lipinski definition) is 9. The molecule has 14 heteroatoms. The SMILES string of the molecule is Cc1ccc(S(=O)(=O)OC[C@@H](/C=N/NC(N)=O)OCO[C@@H](C)/C=N\NC(N)=O)cc1. The molecule has 0 aliphatic heterocycles. The summed E-state index contributed by atoms with van der Waals surface area (Å²) in [6, 6.07) is 4.33. The molecule has 0 aromatic heterocycles. The van der Waals surface area contributed by atoms with E-state index in [-0.39, 0.29) is 11.7 Å². The topological polar surface area (TPSA) is 197 Å². The number of nitrogens with two attached hydrogens (primary N) is 2. The number of amides is 4. The molecule has 0 saturated carbocycles. The second-order valence-corrected chi connectivity index (χ2v) is 7.37. The van der Waals surface area contributed by atoms with Crippen LogP contribution < -0.4 is 22.3 Å². The van der Waals surface area contributed by atoms with E-state index in [0.29, 0.717) is 0 Å². The predicted octanol–water partition coefficient (Wildman–Crippen LogP) is -0.244. The number of urea groups is 2. The molecule has 0 heterocycles. The maximum Gasteiger partial charge on any atom is 0.332 e. The Balaban J connectivity index is 2.65. The van der Waals surface area contributed by atoms with Crippen molar-refractivity contribution < 1.29 is 31.7 Å². The minimum absolute atomic E-state index is 0.0258. The van der Waals surface area contributed by atoms with Gasteiger partial charge in [-0.2, -0.15) is 18.6 Å². The number of primary amides is 2. The van der Waals surface area contributed by atoms with Crippen LogP contribution in [0.5, 0.6) is 0 Å². The summed E-state index contributed by atoms with van der Waals surface area (Å²) in [6.07, 6.45) is 0.761. The lowest BCUT2D eigenvalue weighted by Crippen LogP contribution is -2.29. The number of nitrogens with one attached hydrogen (secondary N) is 2. The van der Waals surface area contributed by atoms with E-state index in [0.717, 1.165) is 11.8 Å². The fraction of sp³-hybridized carbons (Fsp3) is 0.375. The number of aryl methyl sites for hydroxylation is 1. The molecule has 4 amide bonds. The van der Waals surface area contributed by atoms with Crippen molar-refractivity contribution in [2.24, 2.45) is 21.7 Å². The first-order chi connectivity index (χ1) is 14.1. The molecule has 6 N–H and O–H groups in total. The molecule has 2 atom stereocenters. The zero-order chi connectivity index (χ0) is 22.6. The monoisotopic (exact) mass is 444 g/mol. The summed E-state index contributed by atoms with van der Waals surface area (Å²) in [6.45, 7) is 2.66. The average Bonchev–Trinajstić information content (AvgIpc) is 2.65. The highest BCUT2D eigenvalue weighted by Crippen LogP contribution is 2.13. The minimum atomic E-state index is -4.04. The molecule has 30 heavy (non-hydrogen) atoms. The standard InChI is InChI=1S/C16H24N6O7S/c1-11-3-5-14(6-4-11)30(25,26)29-9-13(8-20-22-16(18)24)28-10-27-12(2)7-19-21-15(17)23/h3-8,12-13H,9-10H2,1-2H3,(H3,17,21,23)(H3,18,22,24)/b19-7-,20-8+/t12-,13+/m0/s1. The van der Waals surface area contributed by atoms with Crippen molar-refractivity contribution in [1.29, 1.82) is 0 Å². The fourth-order valence-electron chi connectivity index (χ4n) is 1.73. The van der Waals surface area contributed by atoms with Gasteiger partial charge < -0.3 is 20.9 Å². The lowest BCUT2D eigenvalue weighted by Gasteiger charge is -2.15. The Hall–Kier alpha value is -3.07. The van der Waals surface area contributed by atoms with E-state index >= 15 is 0 Å². The van der Waals surface area contributed by atoms with Crippen LogP contribution in [0.3, 0.4) is 0 Å². The van der Waals surface area contributed by atoms with Gasteiger partial charge in [-0.15, -0.1) is 0 Å². The first-order valence-electron chi connectivity index (χ1n) is 8.46. The number of ether oxygens (including phenoxy) is 2. The second kappa shape index (κ2) is 12.5. The Bertz CT molecular complexity index is 857. The van der Waals surface area contributed by atoms with Crippen LogP contribution in [-0.4, -0.2) is 58.5 Å². The number of nitrogens with zero attached hydrogens (tertiary/aromatic N) is 2. The molecule has 1 aromatic rings. The zero-order valence-electron chi connectivity index (χ0n) is 16.3. The predicted molar refractivity (Wildman–Crippen MR) is 107 cm³/mol. The smallest absolute Gasteiger partial charge is 0.332 e. The molecule has 0 radical (unpaired) electrons. The van der Waals surface area contributed by atoms with Crippen LogP contribution in [0.2, 0.25) is 0 Å². The van der Waals surface area contributed by atoms with E-state index in [2.05, 4.69) is 10.2 Å². The Morgan fingerprint density at radius 2 is 1.63 bits per heavy atom. The van der Waals surface area contributed by atoms with Crippen LogP contribution >= 0.6 is 0 Å². The van der Waals surface area contributed by atoms with Crippen LogP contribution in [-0.2, 0) is 23.8 Å². The van der Waals surface area contributed by atoms with Gasteiger partial charge >= 0.3 is 12.1 Å². The molecule has 0 fully saturated rings. The maximum absolute atomic E-state index is 12.3. The molecule has 0 saturated heterocycles. The molecule has 0 bridgehead atoms. The van der Waals surface area contributed by atoms with Gasteiger partial charge in [0.2, 0.25) is 0 Å². The van der Waals surface area contributed by atoms with Crippen LogP contribution in [0.1, 0.15) is 12.5 Å². The van der Waals surface area contributed by atoms with Gasteiger partial charge in [0.25, 0.3) is 10.1 Å². The number of carbonyl (C=O) groups is 2. The molecule has 0 unspecified atom stereocenters. The Kier molecular flexibility index (Phi) is 10.4. The van der Waals surface area contributed by atoms with E-state index in [4.69, 9.17) is 25.1 Å². The molecule has 1 aromatic carbocycles. The Morgan fingerprint density at radius 1 is 1.07 bits per heavy atom. The quantitative estimate of drug-likeness (QED) is 0.147. The third kappa shape index (κ3) is 10.5. The highest BCUT2D eigenvalue weighted by Gasteiger charge is 2.18. The van der Waals surface area contributed by atoms with Gasteiger partial charge in [-0.3, -0.25) is 4.18 Å². The normalized spacial score (nSPS) is 13.9. The van der Waals surface area contributed by atoms with Crippen LogP contribution in [0.15, 0.2) is 39.4 Å². The summed E-state index contributed by atoms with van der Waals surface area (Å²) in [7, 11) is -4.04. The van der Waals surface area contributed by atoms with Gasteiger partial charge in [-0.1, -0.05) is 17.7 Å². The third-order valence-electron chi connectivity index (χ3n) is 3.18. The van der Waals surface area contributed by atoms with E-state index in [9.17, 15) is 18.0 Å². The first kappa shape index (κ1) is 25.0. The van der Waals surface area contributed by atoms with Crippen molar-refractivity contribution in [1.82, 2.24) is 10.9 Å². The number of rotatable bonds is 12. The summed E-state index contributed by atoms with van der Waals surface area (Å²) in [5, 5.41) is 7.05. The van der Waals surface area contributed by atoms with Gasteiger partial charge in [-0.25, -0.2) is 20.4 Å². The molecule has 166 valence electrons. The minimum Gasteiger partial charge on any atom is -0.350 e. The summed E-state index contributed by atoms with van der Waals surface area (Å²) >= 11 is 0. The van der Waals surface area contributed by atoms with Crippen LogP contribution in [0.25, 0.3) is 0 Å². The van der Waals surface area contributed by atoms with Crippen LogP contribution in [0, 0.1) is 6.92 Å². The number of carbonyl (C=O) groups excluding carboxylic acids is 2. The van der Waals surface area contributed by atoms with Crippen LogP contribution in [0.4, 0.5) is 9.59 Å². The highest BCUT2D eigenvalue weighted by atomic mass is 32.2. The van der Waals surface area contributed by atoms with Gasteiger partial charge in [0, 0.05) is 0 Å². The average molecular weight is 444 g/mol. The largest absolute Gasteiger partial charge is 0.350 e. The summed E-state index contributed by atoms with van der Waals surface area (Å²) in [5.74, 6) is 0. The van der Waals surface area contributed by atoms with Crippen molar-refractivity contribution in [2.75, 3.05) is 13.4 Å². The van der Waals surface area contributed by atoms with E-state index in [1.807, 2.05) is 17.8 Å². The Labute approximate surface area is 173 Å². The number of hydrazone groups is 2. The lowest BCUT2D eigenvalue weighted by atomic mass is 10.2. The summed E-state index contributed by atoms with van der Waals surface area (Å²) in [5.41, 5.74) is 14.6. The van der Waals surface area contributed by atoms with Crippen molar-refractivity contribution in [3.63, 3.8) is 0 Å². The van der Waals surface area contributed by atoms with Crippen molar-refractivity contribution in [3.8, 4) is 0 Å². The molecule has 13 nitrogen and oxygen atoms in total. The molecular weight excluding hydrogens is 420 g/mol. The van der Waals surface area contributed by atoms with Gasteiger partial charge in [-0.05, 0) is 26.0 Å². The molecule has 0 spiro atoms.